The summed E-state index contributed by atoms with van der Waals surface area (Å²) in [4.78, 5) is 16.4. The highest BCUT2D eigenvalue weighted by molar-refractivity contribution is 6.35. The van der Waals surface area contributed by atoms with Crippen molar-refractivity contribution in [1.82, 2.24) is 10.3 Å². The number of amides is 2. The van der Waals surface area contributed by atoms with Gasteiger partial charge in [-0.15, -0.1) is 0 Å². The van der Waals surface area contributed by atoms with Crippen LogP contribution in [0.4, 0.5) is 10.5 Å². The number of aliphatic hydroxyl groups is 1. The van der Waals surface area contributed by atoms with Gasteiger partial charge in [0, 0.05) is 11.6 Å². The van der Waals surface area contributed by atoms with E-state index in [1.54, 1.807) is 30.5 Å². The number of hydrogen-bond acceptors (Lipinski definition) is 4. The predicted octanol–water partition coefficient (Wildman–Crippen LogP) is 3.64. The molecular formula is C17H16ClN3O3. The van der Waals surface area contributed by atoms with Crippen molar-refractivity contribution in [3.8, 4) is 0 Å². The van der Waals surface area contributed by atoms with Crippen LogP contribution < -0.4 is 10.6 Å². The molecule has 0 spiro atoms. The minimum absolute atomic E-state index is 0.0129. The topological polar surface area (TPSA) is 87.4 Å². The summed E-state index contributed by atoms with van der Waals surface area (Å²) in [6, 6.07) is 8.21. The summed E-state index contributed by atoms with van der Waals surface area (Å²) in [7, 11) is 0. The lowest BCUT2D eigenvalue weighted by Crippen LogP contribution is -2.32. The molecule has 0 aliphatic carbocycles. The first kappa shape index (κ1) is 16.3. The van der Waals surface area contributed by atoms with Crippen LogP contribution in [0.5, 0.6) is 0 Å². The molecule has 1 atom stereocenters. The fourth-order valence-corrected chi connectivity index (χ4v) is 2.75. The number of benzene rings is 1. The molecule has 124 valence electrons. The first-order valence-corrected chi connectivity index (χ1v) is 7.74. The number of anilines is 1. The third-order valence-electron chi connectivity index (χ3n) is 3.60. The normalized spacial score (nSPS) is 12.1. The molecule has 0 saturated heterocycles. The van der Waals surface area contributed by atoms with E-state index in [-0.39, 0.29) is 6.54 Å². The Bertz CT molecular complexity index is 865. The van der Waals surface area contributed by atoms with E-state index in [4.69, 9.17) is 16.0 Å². The molecule has 0 unspecified atom stereocenters. The molecule has 0 bridgehead atoms. The number of aliphatic hydroxyl groups excluding tert-OH is 1. The smallest absolute Gasteiger partial charge is 0.319 e. The van der Waals surface area contributed by atoms with Gasteiger partial charge in [0.25, 0.3) is 0 Å². The van der Waals surface area contributed by atoms with Crippen LogP contribution in [0.25, 0.3) is 10.9 Å². The largest absolute Gasteiger partial charge is 0.467 e. The van der Waals surface area contributed by atoms with E-state index in [0.717, 1.165) is 16.5 Å². The molecule has 3 aromatic rings. The van der Waals surface area contributed by atoms with Crippen molar-refractivity contribution in [3.63, 3.8) is 0 Å². The van der Waals surface area contributed by atoms with E-state index in [9.17, 15) is 9.90 Å². The minimum Gasteiger partial charge on any atom is -0.467 e. The van der Waals surface area contributed by atoms with Crippen LogP contribution in [0.2, 0.25) is 5.02 Å². The van der Waals surface area contributed by atoms with Gasteiger partial charge in [0.15, 0.2) is 0 Å². The lowest BCUT2D eigenvalue weighted by Gasteiger charge is -2.14. The summed E-state index contributed by atoms with van der Waals surface area (Å²) in [5.74, 6) is 0.387. The highest BCUT2D eigenvalue weighted by Crippen LogP contribution is 2.32. The van der Waals surface area contributed by atoms with Crippen LogP contribution in [0.15, 0.2) is 47.2 Å². The second-order valence-corrected chi connectivity index (χ2v) is 5.72. The molecule has 3 N–H and O–H groups in total. The molecule has 0 saturated carbocycles. The number of hydrogen-bond donors (Lipinski definition) is 3. The number of nitrogens with zero attached hydrogens (tertiary/aromatic N) is 1. The maximum Gasteiger partial charge on any atom is 0.319 e. The van der Waals surface area contributed by atoms with Gasteiger partial charge in [-0.3, -0.25) is 4.98 Å². The number of urea groups is 1. The van der Waals surface area contributed by atoms with Gasteiger partial charge < -0.3 is 20.2 Å². The van der Waals surface area contributed by atoms with Gasteiger partial charge in [-0.2, -0.15) is 0 Å². The summed E-state index contributed by atoms with van der Waals surface area (Å²) in [6.07, 6.45) is 2.23. The highest BCUT2D eigenvalue weighted by atomic mass is 35.5. The van der Waals surface area contributed by atoms with Crippen molar-refractivity contribution in [2.24, 2.45) is 0 Å². The Morgan fingerprint density at radius 1 is 1.42 bits per heavy atom. The fourth-order valence-electron chi connectivity index (χ4n) is 2.44. The Morgan fingerprint density at radius 3 is 3.00 bits per heavy atom. The van der Waals surface area contributed by atoms with E-state index in [1.807, 2.05) is 13.0 Å². The van der Waals surface area contributed by atoms with Gasteiger partial charge in [-0.1, -0.05) is 11.6 Å². The fraction of sp³-hybridized carbons (Fsp3) is 0.176. The van der Waals surface area contributed by atoms with Gasteiger partial charge in [0.2, 0.25) is 0 Å². The van der Waals surface area contributed by atoms with Crippen LogP contribution in [0, 0.1) is 6.92 Å². The molecule has 2 aromatic heterocycles. The Balaban J connectivity index is 1.74. The molecule has 6 nitrogen and oxygen atoms in total. The second-order valence-electron chi connectivity index (χ2n) is 5.32. The number of halogens is 1. The van der Waals surface area contributed by atoms with Crippen LogP contribution in [0.3, 0.4) is 0 Å². The zero-order valence-electron chi connectivity index (χ0n) is 12.9. The Labute approximate surface area is 143 Å². The summed E-state index contributed by atoms with van der Waals surface area (Å²) in [5, 5.41) is 16.4. The zero-order chi connectivity index (χ0) is 17.1. The lowest BCUT2D eigenvalue weighted by atomic mass is 10.1. The molecule has 7 heteroatoms. The van der Waals surface area contributed by atoms with E-state index in [1.165, 1.54) is 6.26 Å². The van der Waals surface area contributed by atoms with E-state index in [2.05, 4.69) is 15.6 Å². The van der Waals surface area contributed by atoms with Crippen LogP contribution in [-0.2, 0) is 0 Å². The predicted molar refractivity (Wildman–Crippen MR) is 92.2 cm³/mol. The van der Waals surface area contributed by atoms with Crippen molar-refractivity contribution < 1.29 is 14.3 Å². The maximum atomic E-state index is 12.1. The van der Waals surface area contributed by atoms with Gasteiger partial charge in [-0.25, -0.2) is 4.79 Å². The number of pyridine rings is 1. The number of fused-ring (bicyclic) bond motifs is 1. The van der Waals surface area contributed by atoms with E-state index < -0.39 is 12.1 Å². The number of carbonyl (C=O) groups is 1. The number of aryl methyl sites for hydroxylation is 1. The zero-order valence-corrected chi connectivity index (χ0v) is 13.7. The number of furan rings is 1. The van der Waals surface area contributed by atoms with E-state index in [0.29, 0.717) is 16.5 Å². The molecule has 0 radical (unpaired) electrons. The van der Waals surface area contributed by atoms with Gasteiger partial charge in [0.1, 0.15) is 11.9 Å². The van der Waals surface area contributed by atoms with Gasteiger partial charge in [-0.05, 0) is 42.8 Å². The van der Waals surface area contributed by atoms with Crippen LogP contribution >= 0.6 is 11.6 Å². The van der Waals surface area contributed by atoms with Crippen molar-refractivity contribution >= 4 is 34.2 Å². The summed E-state index contributed by atoms with van der Waals surface area (Å²) in [5.41, 5.74) is 2.18. The Kier molecular flexibility index (Phi) is 4.69. The SMILES string of the molecule is Cc1cc(Cl)c(NC(=O)NC[C@@H](O)c2ccco2)c2cccnc12. The monoisotopic (exact) mass is 345 g/mol. The molecular weight excluding hydrogens is 330 g/mol. The maximum absolute atomic E-state index is 12.1. The average Bonchev–Trinajstić information content (AvgIpc) is 3.11. The van der Waals surface area contributed by atoms with Crippen molar-refractivity contribution in [2.45, 2.75) is 13.0 Å². The van der Waals surface area contributed by atoms with Gasteiger partial charge >= 0.3 is 6.03 Å². The molecule has 3 rings (SSSR count). The van der Waals surface area contributed by atoms with Gasteiger partial charge in [0.05, 0.1) is 29.0 Å². The first-order valence-electron chi connectivity index (χ1n) is 7.36. The summed E-state index contributed by atoms with van der Waals surface area (Å²) in [6.45, 7) is 1.92. The summed E-state index contributed by atoms with van der Waals surface area (Å²) < 4.78 is 5.08. The molecule has 2 amide bonds. The van der Waals surface area contributed by atoms with Crippen molar-refractivity contribution in [1.29, 1.82) is 0 Å². The molecule has 24 heavy (non-hydrogen) atoms. The molecule has 1 aromatic carbocycles. The number of aromatic nitrogens is 1. The molecule has 0 fully saturated rings. The number of carbonyl (C=O) groups excluding carboxylic acids is 1. The standard InChI is InChI=1S/C17H16ClN3O3/c1-10-8-12(18)16(11-4-2-6-19-15(10)11)21-17(23)20-9-13(22)14-5-3-7-24-14/h2-8,13,22H,9H2,1H3,(H2,20,21,23)/t13-/m1/s1. The van der Waals surface area contributed by atoms with Crippen molar-refractivity contribution in [2.75, 3.05) is 11.9 Å². The average molecular weight is 346 g/mol. The Hall–Kier alpha value is -2.57. The minimum atomic E-state index is -0.919. The second kappa shape index (κ2) is 6.90. The summed E-state index contributed by atoms with van der Waals surface area (Å²) >= 11 is 6.26. The third kappa shape index (κ3) is 3.34. The molecule has 0 aliphatic heterocycles. The lowest BCUT2D eigenvalue weighted by molar-refractivity contribution is 0.149. The quantitative estimate of drug-likeness (QED) is 0.673. The molecule has 2 heterocycles. The first-order chi connectivity index (χ1) is 11.6. The number of rotatable bonds is 4. The highest BCUT2D eigenvalue weighted by Gasteiger charge is 2.15. The number of nitrogens with one attached hydrogen (secondary N) is 2. The Morgan fingerprint density at radius 2 is 2.25 bits per heavy atom. The van der Waals surface area contributed by atoms with Crippen LogP contribution in [-0.4, -0.2) is 22.7 Å². The van der Waals surface area contributed by atoms with E-state index >= 15 is 0 Å². The van der Waals surface area contributed by atoms with Crippen LogP contribution in [0.1, 0.15) is 17.4 Å². The third-order valence-corrected chi connectivity index (χ3v) is 3.90. The molecule has 0 aliphatic rings. The van der Waals surface area contributed by atoms with Crippen molar-refractivity contribution in [3.05, 3.63) is 59.1 Å².